The Morgan fingerprint density at radius 1 is 1.21 bits per heavy atom. The maximum atomic E-state index is 11.8. The van der Waals surface area contributed by atoms with Crippen LogP contribution in [-0.4, -0.2) is 23.1 Å². The van der Waals surface area contributed by atoms with Crippen molar-refractivity contribution >= 4 is 11.7 Å². The fourth-order valence-electron chi connectivity index (χ4n) is 1.50. The average Bonchev–Trinajstić information content (AvgIpc) is 2.26. The highest BCUT2D eigenvalue weighted by Crippen LogP contribution is 2.32. The molecule has 0 saturated heterocycles. The van der Waals surface area contributed by atoms with Crippen LogP contribution in [0.5, 0.6) is 5.75 Å². The van der Waals surface area contributed by atoms with Crippen LogP contribution in [0.4, 0.5) is 5.69 Å². The van der Waals surface area contributed by atoms with Crippen LogP contribution in [0.25, 0.3) is 0 Å². The van der Waals surface area contributed by atoms with Crippen molar-refractivity contribution in [3.63, 3.8) is 0 Å². The molecule has 0 amide bonds. The molecular weight excluding hydrogens is 250 g/mol. The van der Waals surface area contributed by atoms with E-state index in [9.17, 15) is 14.9 Å². The predicted octanol–water partition coefficient (Wildman–Crippen LogP) is 2.95. The molecule has 0 aliphatic carbocycles. The molecule has 19 heavy (non-hydrogen) atoms. The lowest BCUT2D eigenvalue weighted by Crippen LogP contribution is -2.15. The highest BCUT2D eigenvalue weighted by Gasteiger charge is 2.27. The second-order valence-corrected chi connectivity index (χ2v) is 4.53. The lowest BCUT2D eigenvalue weighted by molar-refractivity contribution is -0.386. The summed E-state index contributed by atoms with van der Waals surface area (Å²) >= 11 is 0. The minimum atomic E-state index is -0.726. The van der Waals surface area contributed by atoms with Gasteiger partial charge in [0.05, 0.1) is 17.1 Å². The van der Waals surface area contributed by atoms with Crippen LogP contribution in [0.2, 0.25) is 0 Å². The van der Waals surface area contributed by atoms with E-state index in [1.807, 2.05) is 0 Å². The molecule has 0 spiro atoms. The SMILES string of the molecule is CC(C)OC(=O)c1cccc(OC(C)C)c1[N+](=O)[O-]. The van der Waals surface area contributed by atoms with Crippen LogP contribution in [0, 0.1) is 10.1 Å². The van der Waals surface area contributed by atoms with Gasteiger partial charge in [-0.2, -0.15) is 0 Å². The topological polar surface area (TPSA) is 78.7 Å². The van der Waals surface area contributed by atoms with E-state index in [-0.39, 0.29) is 29.2 Å². The number of ether oxygens (including phenoxy) is 2. The number of nitro groups is 1. The van der Waals surface area contributed by atoms with E-state index in [2.05, 4.69) is 0 Å². The Bertz CT molecular complexity index is 482. The molecule has 1 rings (SSSR count). The molecule has 0 heterocycles. The van der Waals surface area contributed by atoms with E-state index in [0.29, 0.717) is 0 Å². The van der Waals surface area contributed by atoms with E-state index < -0.39 is 10.9 Å². The van der Waals surface area contributed by atoms with Crippen LogP contribution in [0.3, 0.4) is 0 Å². The van der Waals surface area contributed by atoms with Crippen molar-refractivity contribution < 1.29 is 19.2 Å². The van der Waals surface area contributed by atoms with Gasteiger partial charge >= 0.3 is 11.7 Å². The summed E-state index contributed by atoms with van der Waals surface area (Å²) < 4.78 is 10.3. The molecule has 0 radical (unpaired) electrons. The van der Waals surface area contributed by atoms with Crippen molar-refractivity contribution in [1.29, 1.82) is 0 Å². The number of carbonyl (C=O) groups excluding carboxylic acids is 1. The number of hydrogen-bond donors (Lipinski definition) is 0. The highest BCUT2D eigenvalue weighted by atomic mass is 16.6. The van der Waals surface area contributed by atoms with Gasteiger partial charge < -0.3 is 9.47 Å². The first-order chi connectivity index (χ1) is 8.82. The van der Waals surface area contributed by atoms with Crippen LogP contribution in [0.15, 0.2) is 18.2 Å². The average molecular weight is 267 g/mol. The van der Waals surface area contributed by atoms with Gasteiger partial charge in [0.15, 0.2) is 5.75 Å². The van der Waals surface area contributed by atoms with Gasteiger partial charge in [-0.1, -0.05) is 6.07 Å². The molecule has 0 aliphatic heterocycles. The molecule has 0 atom stereocenters. The van der Waals surface area contributed by atoms with Crippen LogP contribution in [0.1, 0.15) is 38.1 Å². The van der Waals surface area contributed by atoms with E-state index >= 15 is 0 Å². The fraction of sp³-hybridized carbons (Fsp3) is 0.462. The van der Waals surface area contributed by atoms with Crippen molar-refractivity contribution in [1.82, 2.24) is 0 Å². The summed E-state index contributed by atoms with van der Waals surface area (Å²) in [6.07, 6.45) is -0.572. The first-order valence-electron chi connectivity index (χ1n) is 5.98. The molecule has 1 aromatic rings. The Hall–Kier alpha value is -2.11. The highest BCUT2D eigenvalue weighted by molar-refractivity contribution is 5.95. The van der Waals surface area contributed by atoms with Gasteiger partial charge in [0, 0.05) is 0 Å². The quantitative estimate of drug-likeness (QED) is 0.465. The zero-order valence-corrected chi connectivity index (χ0v) is 11.4. The molecule has 1 aromatic carbocycles. The Morgan fingerprint density at radius 2 is 1.84 bits per heavy atom. The van der Waals surface area contributed by atoms with Gasteiger partial charge in [-0.15, -0.1) is 0 Å². The molecule has 0 aliphatic rings. The molecule has 0 N–H and O–H groups in total. The van der Waals surface area contributed by atoms with Crippen LogP contribution in [-0.2, 0) is 4.74 Å². The second kappa shape index (κ2) is 6.17. The Morgan fingerprint density at radius 3 is 2.32 bits per heavy atom. The standard InChI is InChI=1S/C13H17NO5/c1-8(2)18-11-7-5-6-10(12(11)14(16)17)13(15)19-9(3)4/h5-9H,1-4H3. The van der Waals surface area contributed by atoms with Crippen LogP contribution < -0.4 is 4.74 Å². The molecule has 0 fully saturated rings. The first-order valence-corrected chi connectivity index (χ1v) is 5.98. The maximum absolute atomic E-state index is 11.8. The molecule has 0 unspecified atom stereocenters. The minimum absolute atomic E-state index is 0.0678. The molecule has 0 aromatic heterocycles. The number of nitrogens with zero attached hydrogens (tertiary/aromatic N) is 1. The molecule has 104 valence electrons. The van der Waals surface area contributed by atoms with E-state index in [4.69, 9.17) is 9.47 Å². The summed E-state index contributed by atoms with van der Waals surface area (Å²) in [6, 6.07) is 4.35. The van der Waals surface area contributed by atoms with Gasteiger partial charge in [-0.25, -0.2) is 4.79 Å². The minimum Gasteiger partial charge on any atom is -0.484 e. The van der Waals surface area contributed by atoms with Crippen molar-refractivity contribution in [2.75, 3.05) is 0 Å². The lowest BCUT2D eigenvalue weighted by Gasteiger charge is -2.12. The Balaban J connectivity index is 3.24. The summed E-state index contributed by atoms with van der Waals surface area (Å²) in [4.78, 5) is 22.3. The first kappa shape index (κ1) is 14.9. The zero-order chi connectivity index (χ0) is 14.6. The summed E-state index contributed by atoms with van der Waals surface area (Å²) in [7, 11) is 0. The van der Waals surface area contributed by atoms with Crippen molar-refractivity contribution in [3.8, 4) is 5.75 Å². The molecule has 6 nitrogen and oxygen atoms in total. The normalized spacial score (nSPS) is 10.6. The predicted molar refractivity (Wildman–Crippen MR) is 69.4 cm³/mol. The summed E-state index contributed by atoms with van der Waals surface area (Å²) in [5, 5.41) is 11.1. The Labute approximate surface area is 111 Å². The number of rotatable bonds is 5. The van der Waals surface area contributed by atoms with E-state index in [0.717, 1.165) is 0 Å². The zero-order valence-electron chi connectivity index (χ0n) is 11.4. The Kier molecular flexibility index (Phi) is 4.86. The number of carbonyl (C=O) groups is 1. The van der Waals surface area contributed by atoms with Gasteiger partial charge in [0.1, 0.15) is 5.56 Å². The maximum Gasteiger partial charge on any atom is 0.345 e. The lowest BCUT2D eigenvalue weighted by atomic mass is 10.1. The second-order valence-electron chi connectivity index (χ2n) is 4.53. The summed E-state index contributed by atoms with van der Waals surface area (Å²) in [5.41, 5.74) is -0.460. The molecule has 0 saturated carbocycles. The van der Waals surface area contributed by atoms with Crippen molar-refractivity contribution in [2.24, 2.45) is 0 Å². The van der Waals surface area contributed by atoms with Crippen molar-refractivity contribution in [3.05, 3.63) is 33.9 Å². The van der Waals surface area contributed by atoms with Gasteiger partial charge in [0.25, 0.3) is 0 Å². The number of esters is 1. The number of hydrogen-bond acceptors (Lipinski definition) is 5. The number of benzene rings is 1. The third-order valence-corrected chi connectivity index (χ3v) is 2.11. The number of para-hydroxylation sites is 1. The third-order valence-electron chi connectivity index (χ3n) is 2.11. The smallest absolute Gasteiger partial charge is 0.345 e. The van der Waals surface area contributed by atoms with Crippen LogP contribution >= 0.6 is 0 Å². The molecular formula is C13H17NO5. The van der Waals surface area contributed by atoms with Crippen molar-refractivity contribution in [2.45, 2.75) is 39.9 Å². The summed E-state index contributed by atoms with van der Waals surface area (Å²) in [6.45, 7) is 6.86. The molecule has 0 bridgehead atoms. The number of nitro benzene ring substituents is 1. The third kappa shape index (κ3) is 3.94. The fourth-order valence-corrected chi connectivity index (χ4v) is 1.50. The largest absolute Gasteiger partial charge is 0.484 e. The van der Waals surface area contributed by atoms with Gasteiger partial charge in [-0.3, -0.25) is 10.1 Å². The monoisotopic (exact) mass is 267 g/mol. The molecule has 6 heteroatoms. The van der Waals surface area contributed by atoms with E-state index in [1.54, 1.807) is 27.7 Å². The van der Waals surface area contributed by atoms with Gasteiger partial charge in [0.2, 0.25) is 0 Å². The van der Waals surface area contributed by atoms with E-state index in [1.165, 1.54) is 18.2 Å². The summed E-state index contributed by atoms with van der Waals surface area (Å²) in [5.74, 6) is -0.658. The van der Waals surface area contributed by atoms with Gasteiger partial charge in [-0.05, 0) is 39.8 Å².